The SMILES string of the molecule is NC(=O)C(=O)N(CCc1ccccn1)Cc1ccccc1O. The predicted molar refractivity (Wildman–Crippen MR) is 80.7 cm³/mol. The summed E-state index contributed by atoms with van der Waals surface area (Å²) in [5, 5.41) is 9.80. The van der Waals surface area contributed by atoms with Crippen molar-refractivity contribution >= 4 is 11.8 Å². The number of phenols is 1. The van der Waals surface area contributed by atoms with Crippen molar-refractivity contribution in [1.82, 2.24) is 9.88 Å². The summed E-state index contributed by atoms with van der Waals surface area (Å²) < 4.78 is 0. The number of carbonyl (C=O) groups excluding carboxylic acids is 2. The van der Waals surface area contributed by atoms with Crippen LogP contribution in [0.5, 0.6) is 5.75 Å². The number of para-hydroxylation sites is 1. The fourth-order valence-electron chi connectivity index (χ4n) is 2.05. The second-order valence-corrected chi connectivity index (χ2v) is 4.79. The number of benzene rings is 1. The molecule has 114 valence electrons. The van der Waals surface area contributed by atoms with Crippen LogP contribution in [-0.4, -0.2) is 33.3 Å². The van der Waals surface area contributed by atoms with Gasteiger partial charge in [0.15, 0.2) is 0 Å². The second kappa shape index (κ2) is 7.21. The van der Waals surface area contributed by atoms with Crippen molar-refractivity contribution in [1.29, 1.82) is 0 Å². The van der Waals surface area contributed by atoms with E-state index in [2.05, 4.69) is 4.98 Å². The summed E-state index contributed by atoms with van der Waals surface area (Å²) in [5.74, 6) is -1.72. The lowest BCUT2D eigenvalue weighted by Gasteiger charge is -2.21. The standard InChI is InChI=1S/C16H17N3O3/c17-15(21)16(22)19(10-8-13-6-3-4-9-18-13)11-12-5-1-2-7-14(12)20/h1-7,9,20H,8,10-11H2,(H2,17,21). The van der Waals surface area contributed by atoms with E-state index in [0.717, 1.165) is 5.69 Å². The third kappa shape index (κ3) is 4.05. The number of phenolic OH excluding ortho intramolecular Hbond substituents is 1. The molecule has 0 aliphatic rings. The minimum atomic E-state index is -1.02. The molecule has 0 atom stereocenters. The molecule has 2 aromatic rings. The summed E-state index contributed by atoms with van der Waals surface area (Å²) in [6.07, 6.45) is 2.16. The topological polar surface area (TPSA) is 96.5 Å². The van der Waals surface area contributed by atoms with E-state index in [1.807, 2.05) is 12.1 Å². The molecule has 2 amide bonds. The molecule has 6 heteroatoms. The van der Waals surface area contributed by atoms with Crippen molar-refractivity contribution in [2.75, 3.05) is 6.54 Å². The summed E-state index contributed by atoms with van der Waals surface area (Å²) in [7, 11) is 0. The summed E-state index contributed by atoms with van der Waals surface area (Å²) in [4.78, 5) is 28.6. The van der Waals surface area contributed by atoms with Crippen LogP contribution in [0.3, 0.4) is 0 Å². The Morgan fingerprint density at radius 2 is 1.86 bits per heavy atom. The Kier molecular flexibility index (Phi) is 5.08. The van der Waals surface area contributed by atoms with Crippen LogP contribution in [0.15, 0.2) is 48.7 Å². The first kappa shape index (κ1) is 15.5. The van der Waals surface area contributed by atoms with Gasteiger partial charge in [-0.2, -0.15) is 0 Å². The van der Waals surface area contributed by atoms with Gasteiger partial charge in [-0.05, 0) is 18.2 Å². The molecule has 0 saturated heterocycles. The number of carbonyl (C=O) groups is 2. The van der Waals surface area contributed by atoms with E-state index in [4.69, 9.17) is 5.73 Å². The fraction of sp³-hybridized carbons (Fsp3) is 0.188. The highest BCUT2D eigenvalue weighted by molar-refractivity contribution is 6.34. The number of amides is 2. The zero-order chi connectivity index (χ0) is 15.9. The van der Waals surface area contributed by atoms with Gasteiger partial charge in [0.1, 0.15) is 5.75 Å². The molecule has 3 N–H and O–H groups in total. The molecule has 1 aromatic heterocycles. The van der Waals surface area contributed by atoms with Crippen molar-refractivity contribution in [3.63, 3.8) is 0 Å². The molecule has 0 bridgehead atoms. The quantitative estimate of drug-likeness (QED) is 0.800. The number of nitrogens with two attached hydrogens (primary N) is 1. The minimum Gasteiger partial charge on any atom is -0.508 e. The molecule has 1 heterocycles. The molecule has 0 spiro atoms. The third-order valence-corrected chi connectivity index (χ3v) is 3.21. The van der Waals surface area contributed by atoms with Gasteiger partial charge in [0.05, 0.1) is 0 Å². The fourth-order valence-corrected chi connectivity index (χ4v) is 2.05. The van der Waals surface area contributed by atoms with E-state index in [9.17, 15) is 14.7 Å². The van der Waals surface area contributed by atoms with Crippen molar-refractivity contribution in [3.05, 3.63) is 59.9 Å². The molecule has 1 aromatic carbocycles. The number of nitrogens with zero attached hydrogens (tertiary/aromatic N) is 2. The molecule has 2 rings (SSSR count). The molecule has 0 saturated carbocycles. The highest BCUT2D eigenvalue weighted by atomic mass is 16.3. The van der Waals surface area contributed by atoms with Gasteiger partial charge in [-0.1, -0.05) is 24.3 Å². The third-order valence-electron chi connectivity index (χ3n) is 3.21. The van der Waals surface area contributed by atoms with Crippen LogP contribution in [0.2, 0.25) is 0 Å². The van der Waals surface area contributed by atoms with Crippen LogP contribution in [-0.2, 0) is 22.6 Å². The predicted octanol–water partition coefficient (Wildman–Crippen LogP) is 0.844. The van der Waals surface area contributed by atoms with E-state index in [0.29, 0.717) is 12.0 Å². The number of hydrogen-bond donors (Lipinski definition) is 2. The van der Waals surface area contributed by atoms with Gasteiger partial charge in [0, 0.05) is 37.0 Å². The van der Waals surface area contributed by atoms with Crippen molar-refractivity contribution in [2.24, 2.45) is 5.73 Å². The van der Waals surface area contributed by atoms with Gasteiger partial charge >= 0.3 is 11.8 Å². The highest BCUT2D eigenvalue weighted by Crippen LogP contribution is 2.18. The molecule has 0 fully saturated rings. The van der Waals surface area contributed by atoms with Gasteiger partial charge in [-0.25, -0.2) is 0 Å². The van der Waals surface area contributed by atoms with Crippen LogP contribution in [0.4, 0.5) is 0 Å². The van der Waals surface area contributed by atoms with E-state index in [1.54, 1.807) is 30.5 Å². The Morgan fingerprint density at radius 3 is 2.50 bits per heavy atom. The van der Waals surface area contributed by atoms with Crippen molar-refractivity contribution in [2.45, 2.75) is 13.0 Å². The van der Waals surface area contributed by atoms with E-state index < -0.39 is 11.8 Å². The number of pyridine rings is 1. The van der Waals surface area contributed by atoms with E-state index >= 15 is 0 Å². The first-order valence-corrected chi connectivity index (χ1v) is 6.83. The van der Waals surface area contributed by atoms with Gasteiger partial charge in [0.2, 0.25) is 0 Å². The number of hydrogen-bond acceptors (Lipinski definition) is 4. The summed E-state index contributed by atoms with van der Waals surface area (Å²) >= 11 is 0. The van der Waals surface area contributed by atoms with Crippen LogP contribution >= 0.6 is 0 Å². The minimum absolute atomic E-state index is 0.0719. The summed E-state index contributed by atoms with van der Waals surface area (Å²) in [6, 6.07) is 12.2. The van der Waals surface area contributed by atoms with Crippen LogP contribution in [0, 0.1) is 0 Å². The molecule has 0 aliphatic carbocycles. The Morgan fingerprint density at radius 1 is 1.14 bits per heavy atom. The average Bonchev–Trinajstić information content (AvgIpc) is 2.53. The molecule has 22 heavy (non-hydrogen) atoms. The molecule has 6 nitrogen and oxygen atoms in total. The number of rotatable bonds is 5. The lowest BCUT2D eigenvalue weighted by Crippen LogP contribution is -2.41. The largest absolute Gasteiger partial charge is 0.508 e. The lowest BCUT2D eigenvalue weighted by atomic mass is 10.1. The Labute approximate surface area is 128 Å². The maximum Gasteiger partial charge on any atom is 0.311 e. The Hall–Kier alpha value is -2.89. The lowest BCUT2D eigenvalue weighted by molar-refractivity contribution is -0.144. The monoisotopic (exact) mass is 299 g/mol. The summed E-state index contributed by atoms with van der Waals surface area (Å²) in [6.45, 7) is 0.397. The highest BCUT2D eigenvalue weighted by Gasteiger charge is 2.20. The molecule has 0 unspecified atom stereocenters. The van der Waals surface area contributed by atoms with Crippen LogP contribution in [0.25, 0.3) is 0 Å². The molecular formula is C16H17N3O3. The van der Waals surface area contributed by atoms with Crippen molar-refractivity contribution < 1.29 is 14.7 Å². The van der Waals surface area contributed by atoms with Crippen molar-refractivity contribution in [3.8, 4) is 5.75 Å². The van der Waals surface area contributed by atoms with Gasteiger partial charge in [-0.15, -0.1) is 0 Å². The van der Waals surface area contributed by atoms with Gasteiger partial charge in [-0.3, -0.25) is 14.6 Å². The average molecular weight is 299 g/mol. The maximum absolute atomic E-state index is 11.9. The van der Waals surface area contributed by atoms with Gasteiger partial charge in [0.25, 0.3) is 0 Å². The molecular weight excluding hydrogens is 282 g/mol. The number of primary amides is 1. The van der Waals surface area contributed by atoms with Crippen LogP contribution < -0.4 is 5.73 Å². The van der Waals surface area contributed by atoms with E-state index in [-0.39, 0.29) is 18.8 Å². The summed E-state index contributed by atoms with van der Waals surface area (Å²) in [5.41, 5.74) is 6.45. The van der Waals surface area contributed by atoms with Gasteiger partial charge < -0.3 is 15.7 Å². The smallest absolute Gasteiger partial charge is 0.311 e. The zero-order valence-corrected chi connectivity index (χ0v) is 12.0. The Balaban J connectivity index is 2.11. The van der Waals surface area contributed by atoms with E-state index in [1.165, 1.54) is 11.0 Å². The first-order valence-electron chi connectivity index (χ1n) is 6.83. The molecule has 0 aliphatic heterocycles. The first-order chi connectivity index (χ1) is 10.6. The zero-order valence-electron chi connectivity index (χ0n) is 12.0. The number of aromatic nitrogens is 1. The maximum atomic E-state index is 11.9. The normalized spacial score (nSPS) is 10.2. The number of aromatic hydroxyl groups is 1. The Bertz CT molecular complexity index is 659. The van der Waals surface area contributed by atoms with Crippen LogP contribution in [0.1, 0.15) is 11.3 Å². The molecule has 0 radical (unpaired) electrons. The second-order valence-electron chi connectivity index (χ2n) is 4.79.